The van der Waals surface area contributed by atoms with Gasteiger partial charge in [0.25, 0.3) is 0 Å². The van der Waals surface area contributed by atoms with Gasteiger partial charge >= 0.3 is 0 Å². The molecule has 2 aromatic carbocycles. The molecule has 0 saturated carbocycles. The number of rotatable bonds is 4. The standard InChI is InChI=1S/C19H24N2/c1-2-16-9-6-10-18(13-16)21-12-11-20-15-19(21)14-17-7-4-3-5-8-17/h3-10,13,19-20H,2,11-12,14-15H2,1H3. The highest BCUT2D eigenvalue weighted by atomic mass is 15.2. The van der Waals surface area contributed by atoms with E-state index in [-0.39, 0.29) is 0 Å². The molecule has 0 aromatic heterocycles. The quantitative estimate of drug-likeness (QED) is 0.924. The summed E-state index contributed by atoms with van der Waals surface area (Å²) in [5.74, 6) is 0. The zero-order chi connectivity index (χ0) is 14.5. The van der Waals surface area contributed by atoms with Crippen LogP contribution in [-0.2, 0) is 12.8 Å². The molecule has 1 saturated heterocycles. The number of benzene rings is 2. The van der Waals surface area contributed by atoms with Gasteiger partial charge < -0.3 is 10.2 Å². The van der Waals surface area contributed by atoms with Crippen molar-refractivity contribution in [3.05, 3.63) is 65.7 Å². The highest BCUT2D eigenvalue weighted by Gasteiger charge is 2.22. The fraction of sp³-hybridized carbons (Fsp3) is 0.368. The third kappa shape index (κ3) is 3.45. The minimum absolute atomic E-state index is 0.535. The largest absolute Gasteiger partial charge is 0.366 e. The molecule has 110 valence electrons. The molecule has 1 aliphatic heterocycles. The molecule has 2 nitrogen and oxygen atoms in total. The van der Waals surface area contributed by atoms with Crippen molar-refractivity contribution in [3.8, 4) is 0 Å². The highest BCUT2D eigenvalue weighted by molar-refractivity contribution is 5.50. The lowest BCUT2D eigenvalue weighted by Crippen LogP contribution is -2.52. The van der Waals surface area contributed by atoms with E-state index in [9.17, 15) is 0 Å². The molecule has 0 radical (unpaired) electrons. The number of nitrogens with zero attached hydrogens (tertiary/aromatic N) is 1. The first-order valence-electron chi connectivity index (χ1n) is 7.97. The molecule has 0 spiro atoms. The molecule has 1 heterocycles. The van der Waals surface area contributed by atoms with Crippen molar-refractivity contribution < 1.29 is 0 Å². The average molecular weight is 280 g/mol. The summed E-state index contributed by atoms with van der Waals surface area (Å²) in [7, 11) is 0. The maximum Gasteiger partial charge on any atom is 0.0455 e. The fourth-order valence-corrected chi connectivity index (χ4v) is 3.12. The number of nitrogens with one attached hydrogen (secondary N) is 1. The minimum atomic E-state index is 0.535. The molecule has 2 aromatic rings. The molecule has 0 aliphatic carbocycles. The average Bonchev–Trinajstić information content (AvgIpc) is 2.56. The van der Waals surface area contributed by atoms with Crippen LogP contribution in [0.2, 0.25) is 0 Å². The van der Waals surface area contributed by atoms with Gasteiger partial charge in [0.1, 0.15) is 0 Å². The van der Waals surface area contributed by atoms with E-state index in [1.54, 1.807) is 0 Å². The van der Waals surface area contributed by atoms with Gasteiger partial charge in [-0.15, -0.1) is 0 Å². The number of piperazine rings is 1. The number of anilines is 1. The van der Waals surface area contributed by atoms with E-state index in [0.717, 1.165) is 32.5 Å². The lowest BCUT2D eigenvalue weighted by atomic mass is 10.0. The Balaban J connectivity index is 1.80. The Bertz CT molecular complexity index is 565. The molecule has 1 N–H and O–H groups in total. The van der Waals surface area contributed by atoms with E-state index < -0.39 is 0 Å². The summed E-state index contributed by atoms with van der Waals surface area (Å²) in [6.45, 7) is 5.44. The summed E-state index contributed by atoms with van der Waals surface area (Å²) < 4.78 is 0. The first kappa shape index (κ1) is 14.2. The second kappa shape index (κ2) is 6.77. The third-order valence-corrected chi connectivity index (χ3v) is 4.31. The lowest BCUT2D eigenvalue weighted by molar-refractivity contribution is 0.473. The molecule has 21 heavy (non-hydrogen) atoms. The molecule has 0 bridgehead atoms. The van der Waals surface area contributed by atoms with Crippen LogP contribution in [0.15, 0.2) is 54.6 Å². The summed E-state index contributed by atoms with van der Waals surface area (Å²) >= 11 is 0. The van der Waals surface area contributed by atoms with Gasteiger partial charge in [-0.3, -0.25) is 0 Å². The van der Waals surface area contributed by atoms with Crippen molar-refractivity contribution in [2.45, 2.75) is 25.8 Å². The van der Waals surface area contributed by atoms with Crippen LogP contribution in [-0.4, -0.2) is 25.7 Å². The summed E-state index contributed by atoms with van der Waals surface area (Å²) in [5, 5.41) is 3.54. The second-order valence-corrected chi connectivity index (χ2v) is 5.76. The Morgan fingerprint density at radius 3 is 2.67 bits per heavy atom. The molecule has 3 rings (SSSR count). The van der Waals surface area contributed by atoms with Crippen molar-refractivity contribution in [2.24, 2.45) is 0 Å². The van der Waals surface area contributed by atoms with Gasteiger partial charge in [-0.2, -0.15) is 0 Å². The van der Waals surface area contributed by atoms with E-state index in [0.29, 0.717) is 6.04 Å². The fourth-order valence-electron chi connectivity index (χ4n) is 3.12. The molecule has 0 amide bonds. The molecule has 1 unspecified atom stereocenters. The van der Waals surface area contributed by atoms with E-state index in [2.05, 4.69) is 71.7 Å². The number of hydrogen-bond donors (Lipinski definition) is 1. The van der Waals surface area contributed by atoms with Crippen LogP contribution in [0.5, 0.6) is 0 Å². The maximum atomic E-state index is 3.54. The zero-order valence-electron chi connectivity index (χ0n) is 12.8. The van der Waals surface area contributed by atoms with Crippen LogP contribution in [0.1, 0.15) is 18.1 Å². The molecule has 1 aliphatic rings. The second-order valence-electron chi connectivity index (χ2n) is 5.76. The maximum absolute atomic E-state index is 3.54. The van der Waals surface area contributed by atoms with Crippen LogP contribution < -0.4 is 10.2 Å². The monoisotopic (exact) mass is 280 g/mol. The van der Waals surface area contributed by atoms with Gasteiger partial charge in [0, 0.05) is 31.4 Å². The topological polar surface area (TPSA) is 15.3 Å². The summed E-state index contributed by atoms with van der Waals surface area (Å²) in [6, 6.07) is 20.4. The van der Waals surface area contributed by atoms with Crippen LogP contribution in [0.3, 0.4) is 0 Å². The van der Waals surface area contributed by atoms with E-state index in [4.69, 9.17) is 0 Å². The van der Waals surface area contributed by atoms with Gasteiger partial charge in [0.05, 0.1) is 0 Å². The molecule has 2 heteroatoms. The van der Waals surface area contributed by atoms with Crippen LogP contribution in [0.4, 0.5) is 5.69 Å². The summed E-state index contributed by atoms with van der Waals surface area (Å²) in [6.07, 6.45) is 2.20. The predicted molar refractivity (Wildman–Crippen MR) is 90.0 cm³/mol. The number of hydrogen-bond acceptors (Lipinski definition) is 2. The molecular formula is C19H24N2. The van der Waals surface area contributed by atoms with Crippen LogP contribution >= 0.6 is 0 Å². The van der Waals surface area contributed by atoms with Gasteiger partial charge in [-0.05, 0) is 36.1 Å². The van der Waals surface area contributed by atoms with E-state index in [1.165, 1.54) is 16.8 Å². The first-order chi connectivity index (χ1) is 10.4. The Morgan fingerprint density at radius 2 is 1.86 bits per heavy atom. The Hall–Kier alpha value is -1.80. The number of aryl methyl sites for hydroxylation is 1. The van der Waals surface area contributed by atoms with E-state index in [1.807, 2.05) is 0 Å². The van der Waals surface area contributed by atoms with Crippen LogP contribution in [0.25, 0.3) is 0 Å². The van der Waals surface area contributed by atoms with Crippen LogP contribution in [0, 0.1) is 0 Å². The minimum Gasteiger partial charge on any atom is -0.366 e. The van der Waals surface area contributed by atoms with Gasteiger partial charge in [0.2, 0.25) is 0 Å². The Morgan fingerprint density at radius 1 is 1.05 bits per heavy atom. The van der Waals surface area contributed by atoms with Gasteiger partial charge in [-0.25, -0.2) is 0 Å². The highest BCUT2D eigenvalue weighted by Crippen LogP contribution is 2.22. The SMILES string of the molecule is CCc1cccc(N2CCNCC2Cc2ccccc2)c1. The van der Waals surface area contributed by atoms with Crippen molar-refractivity contribution >= 4 is 5.69 Å². The van der Waals surface area contributed by atoms with Crippen molar-refractivity contribution in [1.29, 1.82) is 0 Å². The normalized spacial score (nSPS) is 18.7. The third-order valence-electron chi connectivity index (χ3n) is 4.31. The lowest BCUT2D eigenvalue weighted by Gasteiger charge is -2.38. The van der Waals surface area contributed by atoms with E-state index >= 15 is 0 Å². The van der Waals surface area contributed by atoms with Crippen molar-refractivity contribution in [3.63, 3.8) is 0 Å². The molecule has 1 atom stereocenters. The van der Waals surface area contributed by atoms with Crippen molar-refractivity contribution in [1.82, 2.24) is 5.32 Å². The smallest absolute Gasteiger partial charge is 0.0455 e. The molecular weight excluding hydrogens is 256 g/mol. The molecule has 1 fully saturated rings. The summed E-state index contributed by atoms with van der Waals surface area (Å²) in [4.78, 5) is 2.57. The first-order valence-corrected chi connectivity index (χ1v) is 7.97. The van der Waals surface area contributed by atoms with Gasteiger partial charge in [-0.1, -0.05) is 49.4 Å². The van der Waals surface area contributed by atoms with Crippen molar-refractivity contribution in [2.75, 3.05) is 24.5 Å². The Labute approximate surface area is 127 Å². The van der Waals surface area contributed by atoms with Gasteiger partial charge in [0.15, 0.2) is 0 Å². The predicted octanol–water partition coefficient (Wildman–Crippen LogP) is 3.27. The Kier molecular flexibility index (Phi) is 4.56. The zero-order valence-corrected chi connectivity index (χ0v) is 12.8. The summed E-state index contributed by atoms with van der Waals surface area (Å²) in [5.41, 5.74) is 4.21.